The van der Waals surface area contributed by atoms with Crippen molar-refractivity contribution >= 4 is 37.5 Å². The summed E-state index contributed by atoms with van der Waals surface area (Å²) in [6.45, 7) is 0.637. The lowest BCUT2D eigenvalue weighted by atomic mass is 10.3. The van der Waals surface area contributed by atoms with Gasteiger partial charge < -0.3 is 5.32 Å². The second kappa shape index (κ2) is 4.97. The zero-order chi connectivity index (χ0) is 11.5. The third kappa shape index (κ3) is 2.44. The van der Waals surface area contributed by atoms with Crippen LogP contribution in [0.25, 0.3) is 0 Å². The molecule has 1 N–H and O–H groups in total. The van der Waals surface area contributed by atoms with Crippen molar-refractivity contribution in [2.24, 2.45) is 7.05 Å². The zero-order valence-corrected chi connectivity index (χ0v) is 11.8. The fourth-order valence-corrected chi connectivity index (χ4v) is 2.59. The molecule has 6 heteroatoms. The van der Waals surface area contributed by atoms with Crippen LogP contribution in [0.15, 0.2) is 33.5 Å². The summed E-state index contributed by atoms with van der Waals surface area (Å²) in [4.78, 5) is 4.15. The highest BCUT2D eigenvalue weighted by Gasteiger charge is 2.05. The molecule has 84 valence electrons. The van der Waals surface area contributed by atoms with Gasteiger partial charge in [0.05, 0.1) is 12.2 Å². The number of halogens is 2. The lowest BCUT2D eigenvalue weighted by Gasteiger charge is -2.09. The zero-order valence-electron chi connectivity index (χ0n) is 8.61. The molecule has 0 spiro atoms. The molecule has 2 rings (SSSR count). The summed E-state index contributed by atoms with van der Waals surface area (Å²) < 4.78 is 3.78. The van der Waals surface area contributed by atoms with E-state index in [-0.39, 0.29) is 0 Å². The summed E-state index contributed by atoms with van der Waals surface area (Å²) in [5, 5.41) is 7.32. The quantitative estimate of drug-likeness (QED) is 0.930. The molecule has 0 fully saturated rings. The number of aryl methyl sites for hydroxylation is 1. The van der Waals surface area contributed by atoms with Gasteiger partial charge in [-0.1, -0.05) is 6.07 Å². The Kier molecular flexibility index (Phi) is 3.60. The molecule has 0 saturated carbocycles. The number of hydrogen-bond donors (Lipinski definition) is 1. The van der Waals surface area contributed by atoms with Crippen molar-refractivity contribution in [3.63, 3.8) is 0 Å². The van der Waals surface area contributed by atoms with Crippen molar-refractivity contribution in [1.29, 1.82) is 0 Å². The molecule has 0 aliphatic carbocycles. The van der Waals surface area contributed by atoms with Gasteiger partial charge in [-0.25, -0.2) is 4.98 Å². The Morgan fingerprint density at radius 1 is 1.31 bits per heavy atom. The molecule has 0 bridgehead atoms. The summed E-state index contributed by atoms with van der Waals surface area (Å²) in [6.07, 6.45) is 1.55. The van der Waals surface area contributed by atoms with Gasteiger partial charge in [-0.15, -0.1) is 0 Å². The molecule has 0 radical (unpaired) electrons. The van der Waals surface area contributed by atoms with E-state index in [1.165, 1.54) is 0 Å². The van der Waals surface area contributed by atoms with Crippen LogP contribution in [0.2, 0.25) is 0 Å². The number of para-hydroxylation sites is 1. The van der Waals surface area contributed by atoms with Gasteiger partial charge in [0.15, 0.2) is 0 Å². The van der Waals surface area contributed by atoms with Crippen molar-refractivity contribution in [1.82, 2.24) is 14.8 Å². The molecule has 1 aromatic heterocycles. The van der Waals surface area contributed by atoms with Crippen LogP contribution < -0.4 is 5.32 Å². The molecule has 1 heterocycles. The topological polar surface area (TPSA) is 42.7 Å². The Bertz CT molecular complexity index is 475. The van der Waals surface area contributed by atoms with Crippen molar-refractivity contribution in [2.75, 3.05) is 5.32 Å². The molecule has 0 amide bonds. The monoisotopic (exact) mass is 344 g/mol. The van der Waals surface area contributed by atoms with E-state index in [1.54, 1.807) is 11.0 Å². The number of aromatic nitrogens is 3. The SMILES string of the molecule is Cn1ncnc1CNc1c(Br)cccc1Br. The number of hydrogen-bond acceptors (Lipinski definition) is 3. The van der Waals surface area contributed by atoms with E-state index in [2.05, 4.69) is 47.3 Å². The van der Waals surface area contributed by atoms with E-state index >= 15 is 0 Å². The summed E-state index contributed by atoms with van der Waals surface area (Å²) in [6, 6.07) is 5.95. The van der Waals surface area contributed by atoms with E-state index in [4.69, 9.17) is 0 Å². The summed E-state index contributed by atoms with van der Waals surface area (Å²) in [7, 11) is 1.87. The van der Waals surface area contributed by atoms with Crippen LogP contribution in [-0.4, -0.2) is 14.8 Å². The maximum absolute atomic E-state index is 4.15. The van der Waals surface area contributed by atoms with Crippen LogP contribution in [0.4, 0.5) is 5.69 Å². The first-order valence-electron chi connectivity index (χ1n) is 4.69. The van der Waals surface area contributed by atoms with Crippen LogP contribution in [-0.2, 0) is 13.6 Å². The van der Waals surface area contributed by atoms with Crippen LogP contribution in [0.3, 0.4) is 0 Å². The Balaban J connectivity index is 2.14. The minimum Gasteiger partial charge on any atom is -0.376 e. The lowest BCUT2D eigenvalue weighted by Crippen LogP contribution is -2.07. The molecular weight excluding hydrogens is 336 g/mol. The number of rotatable bonds is 3. The largest absolute Gasteiger partial charge is 0.376 e. The van der Waals surface area contributed by atoms with Gasteiger partial charge in [-0.3, -0.25) is 4.68 Å². The highest BCUT2D eigenvalue weighted by Crippen LogP contribution is 2.30. The fourth-order valence-electron chi connectivity index (χ4n) is 1.31. The van der Waals surface area contributed by atoms with E-state index in [0.29, 0.717) is 6.54 Å². The molecule has 0 saturated heterocycles. The molecule has 0 atom stereocenters. The lowest BCUT2D eigenvalue weighted by molar-refractivity contribution is 0.712. The van der Waals surface area contributed by atoms with Gasteiger partial charge in [-0.2, -0.15) is 5.10 Å². The number of nitrogens with one attached hydrogen (secondary N) is 1. The predicted molar refractivity (Wildman–Crippen MR) is 70.2 cm³/mol. The molecule has 16 heavy (non-hydrogen) atoms. The number of anilines is 1. The van der Waals surface area contributed by atoms with Crippen LogP contribution in [0, 0.1) is 0 Å². The van der Waals surface area contributed by atoms with Crippen molar-refractivity contribution < 1.29 is 0 Å². The van der Waals surface area contributed by atoms with Gasteiger partial charge in [-0.05, 0) is 44.0 Å². The first kappa shape index (κ1) is 11.6. The normalized spacial score (nSPS) is 10.4. The summed E-state index contributed by atoms with van der Waals surface area (Å²) >= 11 is 6.99. The average molecular weight is 346 g/mol. The minimum absolute atomic E-state index is 0.637. The second-order valence-corrected chi connectivity index (χ2v) is 4.96. The minimum atomic E-state index is 0.637. The van der Waals surface area contributed by atoms with Gasteiger partial charge in [0.25, 0.3) is 0 Å². The van der Waals surface area contributed by atoms with Crippen molar-refractivity contribution in [3.05, 3.63) is 39.3 Å². The molecule has 0 aliphatic heterocycles. The highest BCUT2D eigenvalue weighted by molar-refractivity contribution is 9.11. The van der Waals surface area contributed by atoms with E-state index in [1.807, 2.05) is 25.2 Å². The Morgan fingerprint density at radius 3 is 2.56 bits per heavy atom. The molecule has 1 aromatic carbocycles. The summed E-state index contributed by atoms with van der Waals surface area (Å²) in [5.74, 6) is 0.891. The first-order chi connectivity index (χ1) is 7.68. The fraction of sp³-hybridized carbons (Fsp3) is 0.200. The Hall–Kier alpha value is -0.880. The molecular formula is C10H10Br2N4. The smallest absolute Gasteiger partial charge is 0.145 e. The third-order valence-corrected chi connectivity index (χ3v) is 3.51. The van der Waals surface area contributed by atoms with E-state index in [9.17, 15) is 0 Å². The molecule has 0 unspecified atom stereocenters. The first-order valence-corrected chi connectivity index (χ1v) is 6.28. The maximum Gasteiger partial charge on any atom is 0.145 e. The maximum atomic E-state index is 4.15. The van der Waals surface area contributed by atoms with Gasteiger partial charge in [0.1, 0.15) is 12.2 Å². The molecule has 0 aliphatic rings. The van der Waals surface area contributed by atoms with Crippen molar-refractivity contribution in [3.8, 4) is 0 Å². The average Bonchev–Trinajstić information content (AvgIpc) is 2.64. The van der Waals surface area contributed by atoms with Crippen LogP contribution in [0.1, 0.15) is 5.82 Å². The Labute approximate surface area is 110 Å². The molecule has 2 aromatic rings. The third-order valence-electron chi connectivity index (χ3n) is 2.19. The molecule has 4 nitrogen and oxygen atoms in total. The van der Waals surface area contributed by atoms with Crippen LogP contribution >= 0.6 is 31.9 Å². The highest BCUT2D eigenvalue weighted by atomic mass is 79.9. The van der Waals surface area contributed by atoms with Gasteiger partial charge in [0, 0.05) is 16.0 Å². The predicted octanol–water partition coefficient (Wildman–Crippen LogP) is 2.95. The van der Waals surface area contributed by atoms with E-state index < -0.39 is 0 Å². The van der Waals surface area contributed by atoms with E-state index in [0.717, 1.165) is 20.5 Å². The van der Waals surface area contributed by atoms with Crippen molar-refractivity contribution in [2.45, 2.75) is 6.54 Å². The number of benzene rings is 1. The van der Waals surface area contributed by atoms with Gasteiger partial charge >= 0.3 is 0 Å². The summed E-state index contributed by atoms with van der Waals surface area (Å²) in [5.41, 5.74) is 1.02. The Morgan fingerprint density at radius 2 is 2.00 bits per heavy atom. The standard InChI is InChI=1S/C10H10Br2N4/c1-16-9(14-6-15-16)5-13-10-7(11)3-2-4-8(10)12/h2-4,6,13H,5H2,1H3. The number of nitrogens with zero attached hydrogens (tertiary/aromatic N) is 3. The second-order valence-electron chi connectivity index (χ2n) is 3.25. The van der Waals surface area contributed by atoms with Crippen LogP contribution in [0.5, 0.6) is 0 Å². The van der Waals surface area contributed by atoms with Gasteiger partial charge in [0.2, 0.25) is 0 Å².